The molecule has 2 aliphatic heterocycles. The Bertz CT molecular complexity index is 635. The van der Waals surface area contributed by atoms with Crippen LogP contribution in [-0.2, 0) is 4.74 Å². The monoisotopic (exact) mass is 344 g/mol. The van der Waals surface area contributed by atoms with E-state index in [4.69, 9.17) is 4.74 Å². The molecule has 1 aliphatic carbocycles. The number of aliphatic hydroxyl groups is 1. The first-order chi connectivity index (χ1) is 12.0. The zero-order valence-corrected chi connectivity index (χ0v) is 15.1. The summed E-state index contributed by atoms with van der Waals surface area (Å²) in [6.45, 7) is 6.90. The number of nitrogens with one attached hydrogen (secondary N) is 1. The molecule has 0 bridgehead atoms. The van der Waals surface area contributed by atoms with Gasteiger partial charge in [-0.05, 0) is 43.5 Å². The van der Waals surface area contributed by atoms with Gasteiger partial charge in [-0.1, -0.05) is 13.8 Å². The number of anilines is 1. The van der Waals surface area contributed by atoms with Crippen LogP contribution >= 0.6 is 0 Å². The molecule has 5 nitrogen and oxygen atoms in total. The first-order valence-corrected chi connectivity index (χ1v) is 9.42. The maximum Gasteiger partial charge on any atom is 0.251 e. The fourth-order valence-corrected chi connectivity index (χ4v) is 4.79. The normalized spacial score (nSPS) is 31.3. The van der Waals surface area contributed by atoms with Crippen molar-refractivity contribution < 1.29 is 14.6 Å². The van der Waals surface area contributed by atoms with Crippen LogP contribution in [0.4, 0.5) is 5.69 Å². The predicted octanol–water partition coefficient (Wildman–Crippen LogP) is 2.19. The summed E-state index contributed by atoms with van der Waals surface area (Å²) in [5, 5.41) is 12.9. The van der Waals surface area contributed by atoms with Crippen molar-refractivity contribution >= 4 is 11.6 Å². The third-order valence-electron chi connectivity index (χ3n) is 6.35. The Hall–Kier alpha value is -1.59. The maximum atomic E-state index is 12.7. The molecular weight excluding hydrogens is 316 g/mol. The molecule has 1 saturated carbocycles. The molecule has 3 unspecified atom stereocenters. The molecule has 2 heterocycles. The van der Waals surface area contributed by atoms with Crippen molar-refractivity contribution in [3.8, 4) is 0 Å². The lowest BCUT2D eigenvalue weighted by Gasteiger charge is -2.54. The number of carbonyl (C=O) groups excluding carboxylic acids is 1. The smallest absolute Gasteiger partial charge is 0.251 e. The summed E-state index contributed by atoms with van der Waals surface area (Å²) in [6.07, 6.45) is 2.77. The van der Waals surface area contributed by atoms with Crippen LogP contribution in [0.3, 0.4) is 0 Å². The van der Waals surface area contributed by atoms with Crippen LogP contribution in [0.2, 0.25) is 0 Å². The molecule has 1 amide bonds. The highest BCUT2D eigenvalue weighted by Crippen LogP contribution is 2.52. The number of benzene rings is 1. The fourth-order valence-electron chi connectivity index (χ4n) is 4.79. The topological polar surface area (TPSA) is 61.8 Å². The average molecular weight is 344 g/mol. The number of hydrogen-bond acceptors (Lipinski definition) is 4. The van der Waals surface area contributed by atoms with Crippen molar-refractivity contribution in [3.05, 3.63) is 29.8 Å². The number of hydrogen-bond donors (Lipinski definition) is 2. The summed E-state index contributed by atoms with van der Waals surface area (Å²) in [5.41, 5.74) is 1.83. The number of ether oxygens (including phenoxy) is 1. The standard InChI is InChI=1S/C20H28N2O3/c1-20(2)17(16-9-12-25-18(16)20)21-19(24)13-3-5-14(6-4-13)22-10-7-15(23)8-11-22/h3-6,15-18,23H,7-12H2,1-2H3,(H,21,24). The molecule has 1 aromatic carbocycles. The van der Waals surface area contributed by atoms with E-state index in [0.717, 1.165) is 44.6 Å². The molecule has 5 heteroatoms. The molecule has 0 radical (unpaired) electrons. The lowest BCUT2D eigenvalue weighted by molar-refractivity contribution is -0.108. The van der Waals surface area contributed by atoms with Gasteiger partial charge in [-0.3, -0.25) is 4.79 Å². The van der Waals surface area contributed by atoms with Crippen molar-refractivity contribution in [2.24, 2.45) is 11.3 Å². The van der Waals surface area contributed by atoms with Crippen LogP contribution in [0.25, 0.3) is 0 Å². The molecule has 0 spiro atoms. The van der Waals surface area contributed by atoms with E-state index in [1.807, 2.05) is 24.3 Å². The molecule has 4 rings (SSSR count). The van der Waals surface area contributed by atoms with E-state index in [1.165, 1.54) is 0 Å². The Balaban J connectivity index is 1.39. The molecule has 3 aliphatic rings. The Morgan fingerprint density at radius 2 is 1.88 bits per heavy atom. The molecule has 2 N–H and O–H groups in total. The van der Waals surface area contributed by atoms with Gasteiger partial charge >= 0.3 is 0 Å². The second kappa shape index (κ2) is 6.29. The highest BCUT2D eigenvalue weighted by atomic mass is 16.5. The minimum Gasteiger partial charge on any atom is -0.393 e. The lowest BCUT2D eigenvalue weighted by Crippen LogP contribution is -2.66. The first kappa shape index (κ1) is 16.9. The summed E-state index contributed by atoms with van der Waals surface area (Å²) in [7, 11) is 0. The van der Waals surface area contributed by atoms with Crippen LogP contribution in [0, 0.1) is 11.3 Å². The van der Waals surface area contributed by atoms with Gasteiger partial charge in [0.25, 0.3) is 5.91 Å². The first-order valence-electron chi connectivity index (χ1n) is 9.42. The van der Waals surface area contributed by atoms with E-state index < -0.39 is 0 Å². The van der Waals surface area contributed by atoms with Crippen LogP contribution in [0.5, 0.6) is 0 Å². The fraction of sp³-hybridized carbons (Fsp3) is 0.650. The van der Waals surface area contributed by atoms with Gasteiger partial charge < -0.3 is 20.1 Å². The summed E-state index contributed by atoms with van der Waals surface area (Å²) >= 11 is 0. The van der Waals surface area contributed by atoms with Crippen molar-refractivity contribution in [2.45, 2.75) is 51.4 Å². The Morgan fingerprint density at radius 1 is 1.20 bits per heavy atom. The highest BCUT2D eigenvalue weighted by Gasteiger charge is 2.59. The minimum absolute atomic E-state index is 0.00374. The Kier molecular flexibility index (Phi) is 4.24. The molecule has 2 saturated heterocycles. The molecule has 3 atom stereocenters. The third-order valence-corrected chi connectivity index (χ3v) is 6.35. The largest absolute Gasteiger partial charge is 0.393 e. The van der Waals surface area contributed by atoms with Crippen LogP contribution in [0.15, 0.2) is 24.3 Å². The minimum atomic E-state index is -0.171. The summed E-state index contributed by atoms with van der Waals surface area (Å²) in [6, 6.07) is 8.03. The summed E-state index contributed by atoms with van der Waals surface area (Å²) in [4.78, 5) is 14.9. The molecular formula is C20H28N2O3. The van der Waals surface area contributed by atoms with E-state index in [1.54, 1.807) is 0 Å². The molecule has 136 valence electrons. The van der Waals surface area contributed by atoms with Crippen LogP contribution in [0.1, 0.15) is 43.5 Å². The number of fused-ring (bicyclic) bond motifs is 1. The highest BCUT2D eigenvalue weighted by molar-refractivity contribution is 5.95. The number of piperidine rings is 1. The van der Waals surface area contributed by atoms with Crippen molar-refractivity contribution in [1.29, 1.82) is 0 Å². The van der Waals surface area contributed by atoms with E-state index in [0.29, 0.717) is 11.5 Å². The SMILES string of the molecule is CC1(C)C(NC(=O)c2ccc(N3CCC(O)CC3)cc2)C2CCOC21. The lowest BCUT2D eigenvalue weighted by atomic mass is 9.57. The summed E-state index contributed by atoms with van der Waals surface area (Å²) in [5.74, 6) is 0.460. The van der Waals surface area contributed by atoms with Crippen LogP contribution in [-0.4, -0.2) is 49.0 Å². The van der Waals surface area contributed by atoms with E-state index in [-0.39, 0.29) is 29.6 Å². The van der Waals surface area contributed by atoms with Crippen LogP contribution < -0.4 is 10.2 Å². The van der Waals surface area contributed by atoms with Gasteiger partial charge in [0.2, 0.25) is 0 Å². The third kappa shape index (κ3) is 2.93. The average Bonchev–Trinajstić information content (AvgIpc) is 3.07. The van der Waals surface area contributed by atoms with Gasteiger partial charge in [0.05, 0.1) is 12.2 Å². The quantitative estimate of drug-likeness (QED) is 0.882. The van der Waals surface area contributed by atoms with Gasteiger partial charge in [-0.2, -0.15) is 0 Å². The van der Waals surface area contributed by atoms with E-state index >= 15 is 0 Å². The molecule has 3 fully saturated rings. The van der Waals surface area contributed by atoms with Crippen molar-refractivity contribution in [3.63, 3.8) is 0 Å². The maximum absolute atomic E-state index is 12.7. The molecule has 25 heavy (non-hydrogen) atoms. The van der Waals surface area contributed by atoms with Gasteiger partial charge in [0.15, 0.2) is 0 Å². The van der Waals surface area contributed by atoms with Gasteiger partial charge in [-0.15, -0.1) is 0 Å². The number of nitrogens with zero attached hydrogens (tertiary/aromatic N) is 1. The molecule has 1 aromatic rings. The zero-order valence-electron chi connectivity index (χ0n) is 15.1. The predicted molar refractivity (Wildman–Crippen MR) is 96.8 cm³/mol. The number of aliphatic hydroxyl groups excluding tert-OH is 1. The molecule has 0 aromatic heterocycles. The zero-order chi connectivity index (χ0) is 17.6. The van der Waals surface area contributed by atoms with Crippen molar-refractivity contribution in [1.82, 2.24) is 5.32 Å². The Morgan fingerprint density at radius 3 is 2.56 bits per heavy atom. The number of carbonyl (C=O) groups is 1. The van der Waals surface area contributed by atoms with E-state index in [9.17, 15) is 9.90 Å². The van der Waals surface area contributed by atoms with E-state index in [2.05, 4.69) is 24.1 Å². The Labute approximate surface area is 149 Å². The van der Waals surface area contributed by atoms with Gasteiger partial charge in [0, 0.05) is 48.3 Å². The number of rotatable bonds is 3. The van der Waals surface area contributed by atoms with Gasteiger partial charge in [-0.25, -0.2) is 0 Å². The van der Waals surface area contributed by atoms with Crippen molar-refractivity contribution in [2.75, 3.05) is 24.6 Å². The summed E-state index contributed by atoms with van der Waals surface area (Å²) < 4.78 is 5.80. The second-order valence-corrected chi connectivity index (χ2v) is 8.28. The van der Waals surface area contributed by atoms with Gasteiger partial charge in [0.1, 0.15) is 0 Å². The second-order valence-electron chi connectivity index (χ2n) is 8.28. The number of amides is 1.